The molecule has 0 saturated heterocycles. The lowest BCUT2D eigenvalue weighted by Crippen LogP contribution is -2.31. The Morgan fingerprint density at radius 2 is 2.07 bits per heavy atom. The first-order valence-electron chi connectivity index (χ1n) is 4.42. The van der Waals surface area contributed by atoms with Crippen molar-refractivity contribution < 1.29 is 4.79 Å². The summed E-state index contributed by atoms with van der Waals surface area (Å²) in [5.74, 6) is -0.205. The Balaban J connectivity index is 2.57. The average molecular weight is 213 g/mol. The van der Waals surface area contributed by atoms with E-state index < -0.39 is 5.38 Å². The Bertz CT molecular complexity index is 289. The molecule has 1 atom stereocenters. The van der Waals surface area contributed by atoms with Crippen molar-refractivity contribution in [2.45, 2.75) is 5.38 Å². The van der Waals surface area contributed by atoms with Crippen LogP contribution in [0, 0.1) is 0 Å². The van der Waals surface area contributed by atoms with Gasteiger partial charge in [0.2, 0.25) is 5.91 Å². The summed E-state index contributed by atoms with van der Waals surface area (Å²) in [5, 5.41) is 2.00. The van der Waals surface area contributed by atoms with Crippen molar-refractivity contribution in [3.63, 3.8) is 0 Å². The molecule has 3 N–H and O–H groups in total. The van der Waals surface area contributed by atoms with E-state index in [2.05, 4.69) is 5.32 Å². The van der Waals surface area contributed by atoms with E-state index in [0.717, 1.165) is 5.56 Å². The number of carbonyl (C=O) groups is 1. The number of halogens is 1. The first-order valence-corrected chi connectivity index (χ1v) is 4.86. The van der Waals surface area contributed by atoms with Crippen molar-refractivity contribution in [1.29, 1.82) is 0 Å². The van der Waals surface area contributed by atoms with Gasteiger partial charge in [0.1, 0.15) is 5.38 Å². The molecule has 0 heterocycles. The predicted octanol–water partition coefficient (Wildman–Crippen LogP) is 1.04. The van der Waals surface area contributed by atoms with E-state index in [1.54, 1.807) is 0 Å². The first-order chi connectivity index (χ1) is 6.75. The highest BCUT2D eigenvalue weighted by Crippen LogP contribution is 2.19. The van der Waals surface area contributed by atoms with Gasteiger partial charge in [-0.3, -0.25) is 4.79 Å². The molecule has 1 aromatic rings. The van der Waals surface area contributed by atoms with Gasteiger partial charge in [-0.25, -0.2) is 0 Å². The molecule has 76 valence electrons. The molecular weight excluding hydrogens is 200 g/mol. The number of nitrogens with one attached hydrogen (secondary N) is 1. The van der Waals surface area contributed by atoms with Crippen LogP contribution in [0.15, 0.2) is 30.3 Å². The molecule has 0 bridgehead atoms. The fourth-order valence-corrected chi connectivity index (χ4v) is 1.28. The number of hydrogen-bond acceptors (Lipinski definition) is 2. The average Bonchev–Trinajstić information content (AvgIpc) is 2.26. The van der Waals surface area contributed by atoms with E-state index in [1.807, 2.05) is 30.3 Å². The summed E-state index contributed by atoms with van der Waals surface area (Å²) in [6, 6.07) is 9.21. The highest BCUT2D eigenvalue weighted by molar-refractivity contribution is 6.30. The molecule has 0 aliphatic heterocycles. The van der Waals surface area contributed by atoms with Gasteiger partial charge in [0.05, 0.1) is 0 Å². The molecule has 0 fully saturated rings. The lowest BCUT2D eigenvalue weighted by atomic mass is 10.1. The summed E-state index contributed by atoms with van der Waals surface area (Å²) in [6.45, 7) is 0.874. The molecule has 1 rings (SSSR count). The third-order valence-electron chi connectivity index (χ3n) is 1.77. The summed E-state index contributed by atoms with van der Waals surface area (Å²) in [6.07, 6.45) is 0. The maximum absolute atomic E-state index is 11.4. The van der Waals surface area contributed by atoms with Gasteiger partial charge in [0.15, 0.2) is 0 Å². The van der Waals surface area contributed by atoms with Crippen molar-refractivity contribution in [3.05, 3.63) is 35.9 Å². The molecule has 1 amide bonds. The second kappa shape index (κ2) is 5.62. The maximum atomic E-state index is 11.4. The van der Waals surface area contributed by atoms with Crippen LogP contribution < -0.4 is 11.1 Å². The minimum Gasteiger partial charge on any atom is -0.353 e. The van der Waals surface area contributed by atoms with E-state index in [-0.39, 0.29) is 5.91 Å². The van der Waals surface area contributed by atoms with Gasteiger partial charge >= 0.3 is 0 Å². The number of rotatable bonds is 4. The summed E-state index contributed by atoms with van der Waals surface area (Å²) in [7, 11) is 0. The van der Waals surface area contributed by atoms with Crippen molar-refractivity contribution >= 4 is 17.5 Å². The Hall–Kier alpha value is -1.06. The largest absolute Gasteiger partial charge is 0.353 e. The highest BCUT2D eigenvalue weighted by atomic mass is 35.5. The first kappa shape index (κ1) is 11.0. The van der Waals surface area contributed by atoms with Crippen LogP contribution in [-0.4, -0.2) is 19.0 Å². The molecule has 0 saturated carbocycles. The molecule has 0 aliphatic carbocycles. The van der Waals surface area contributed by atoms with Gasteiger partial charge in [0, 0.05) is 13.1 Å². The lowest BCUT2D eigenvalue weighted by molar-refractivity contribution is -0.120. The number of amides is 1. The Labute approximate surface area is 88.2 Å². The fraction of sp³-hybridized carbons (Fsp3) is 0.300. The second-order valence-electron chi connectivity index (χ2n) is 2.85. The second-order valence-corrected chi connectivity index (χ2v) is 3.29. The minimum atomic E-state index is -0.636. The number of carbonyl (C=O) groups excluding carboxylic acids is 1. The van der Waals surface area contributed by atoms with Crippen LogP contribution >= 0.6 is 11.6 Å². The predicted molar refractivity (Wildman–Crippen MR) is 57.1 cm³/mol. The zero-order valence-electron chi connectivity index (χ0n) is 7.74. The van der Waals surface area contributed by atoms with Crippen LogP contribution in [0.1, 0.15) is 10.9 Å². The molecule has 0 aromatic heterocycles. The molecular formula is C10H13ClN2O. The fourth-order valence-electron chi connectivity index (χ4n) is 1.06. The quantitative estimate of drug-likeness (QED) is 0.733. The van der Waals surface area contributed by atoms with Crippen molar-refractivity contribution in [3.8, 4) is 0 Å². The van der Waals surface area contributed by atoms with E-state index in [1.165, 1.54) is 0 Å². The zero-order valence-corrected chi connectivity index (χ0v) is 8.50. The van der Waals surface area contributed by atoms with Gasteiger partial charge in [-0.15, -0.1) is 11.6 Å². The molecule has 1 aromatic carbocycles. The van der Waals surface area contributed by atoms with Crippen LogP contribution in [0.3, 0.4) is 0 Å². The molecule has 1 unspecified atom stereocenters. The number of nitrogens with two attached hydrogens (primary N) is 1. The van der Waals surface area contributed by atoms with E-state index in [0.29, 0.717) is 13.1 Å². The van der Waals surface area contributed by atoms with E-state index in [9.17, 15) is 4.79 Å². The summed E-state index contributed by atoms with van der Waals surface area (Å²) >= 11 is 5.94. The van der Waals surface area contributed by atoms with Crippen molar-refractivity contribution in [2.75, 3.05) is 13.1 Å². The smallest absolute Gasteiger partial charge is 0.242 e. The van der Waals surface area contributed by atoms with E-state index in [4.69, 9.17) is 17.3 Å². The monoisotopic (exact) mass is 212 g/mol. The molecule has 14 heavy (non-hydrogen) atoms. The molecule has 4 heteroatoms. The normalized spacial score (nSPS) is 12.1. The molecule has 0 aliphatic rings. The Kier molecular flexibility index (Phi) is 4.43. The third-order valence-corrected chi connectivity index (χ3v) is 2.22. The van der Waals surface area contributed by atoms with Crippen LogP contribution in [0.2, 0.25) is 0 Å². The van der Waals surface area contributed by atoms with Gasteiger partial charge in [-0.2, -0.15) is 0 Å². The lowest BCUT2D eigenvalue weighted by Gasteiger charge is -2.09. The molecule has 3 nitrogen and oxygen atoms in total. The highest BCUT2D eigenvalue weighted by Gasteiger charge is 2.15. The molecule has 0 radical (unpaired) electrons. The molecule has 0 spiro atoms. The van der Waals surface area contributed by atoms with Crippen molar-refractivity contribution in [1.82, 2.24) is 5.32 Å². The minimum absolute atomic E-state index is 0.205. The van der Waals surface area contributed by atoms with Crippen LogP contribution in [0.5, 0.6) is 0 Å². The standard InChI is InChI=1S/C10H13ClN2O/c11-9(10(14)13-7-6-12)8-4-2-1-3-5-8/h1-5,9H,6-7,12H2,(H,13,14). The SMILES string of the molecule is NCCNC(=O)C(Cl)c1ccccc1. The van der Waals surface area contributed by atoms with E-state index >= 15 is 0 Å². The summed E-state index contributed by atoms with van der Waals surface area (Å²) in [5.41, 5.74) is 6.05. The zero-order chi connectivity index (χ0) is 10.4. The Morgan fingerprint density at radius 1 is 1.43 bits per heavy atom. The van der Waals surface area contributed by atoms with Crippen LogP contribution in [-0.2, 0) is 4.79 Å². The van der Waals surface area contributed by atoms with Crippen molar-refractivity contribution in [2.24, 2.45) is 5.73 Å². The van der Waals surface area contributed by atoms with Gasteiger partial charge in [-0.05, 0) is 5.56 Å². The van der Waals surface area contributed by atoms with Gasteiger partial charge in [-0.1, -0.05) is 30.3 Å². The van der Waals surface area contributed by atoms with Gasteiger partial charge in [0.25, 0.3) is 0 Å². The van der Waals surface area contributed by atoms with Crippen LogP contribution in [0.25, 0.3) is 0 Å². The number of alkyl halides is 1. The van der Waals surface area contributed by atoms with Crippen LogP contribution in [0.4, 0.5) is 0 Å². The van der Waals surface area contributed by atoms with Gasteiger partial charge < -0.3 is 11.1 Å². The number of hydrogen-bond donors (Lipinski definition) is 2. The number of benzene rings is 1. The topological polar surface area (TPSA) is 55.1 Å². The summed E-state index contributed by atoms with van der Waals surface area (Å²) < 4.78 is 0. The Morgan fingerprint density at radius 3 is 2.64 bits per heavy atom. The third kappa shape index (κ3) is 3.01. The summed E-state index contributed by atoms with van der Waals surface area (Å²) in [4.78, 5) is 11.4. The maximum Gasteiger partial charge on any atom is 0.242 e.